The second-order valence-corrected chi connectivity index (χ2v) is 4.42. The van der Waals surface area contributed by atoms with Crippen LogP contribution in [0, 0.1) is 5.82 Å². The molecule has 0 saturated carbocycles. The van der Waals surface area contributed by atoms with E-state index in [0.717, 1.165) is 0 Å². The molecule has 0 aliphatic rings. The molecule has 0 bridgehead atoms. The molecule has 0 saturated heterocycles. The molecule has 98 valence electrons. The van der Waals surface area contributed by atoms with Gasteiger partial charge in [-0.1, -0.05) is 29.8 Å². The number of carbonyl (C=O) groups excluding carboxylic acids is 1. The molecule has 1 amide bonds. The van der Waals surface area contributed by atoms with Crippen LogP contribution in [0.25, 0.3) is 0 Å². The minimum absolute atomic E-state index is 0.119. The second kappa shape index (κ2) is 5.71. The minimum atomic E-state index is -0.349. The summed E-state index contributed by atoms with van der Waals surface area (Å²) in [5.41, 5.74) is 6.78. The quantitative estimate of drug-likeness (QED) is 0.848. The van der Waals surface area contributed by atoms with Gasteiger partial charge in [0.1, 0.15) is 5.82 Å². The molecule has 5 heteroatoms. The van der Waals surface area contributed by atoms with Crippen LogP contribution in [0.2, 0.25) is 5.02 Å². The molecule has 0 unspecified atom stereocenters. The molecule has 0 radical (unpaired) electrons. The number of hydrogen-bond acceptors (Lipinski definition) is 2. The normalized spacial score (nSPS) is 10.2. The molecule has 2 aromatic rings. The van der Waals surface area contributed by atoms with Crippen LogP contribution in [0.15, 0.2) is 42.5 Å². The van der Waals surface area contributed by atoms with Crippen LogP contribution in [0.1, 0.15) is 15.9 Å². The Morgan fingerprint density at radius 1 is 1.26 bits per heavy atom. The van der Waals surface area contributed by atoms with Crippen molar-refractivity contribution in [3.63, 3.8) is 0 Å². The first kappa shape index (κ1) is 13.4. The molecule has 3 nitrogen and oxygen atoms in total. The van der Waals surface area contributed by atoms with Crippen molar-refractivity contribution in [2.45, 2.75) is 6.54 Å². The summed E-state index contributed by atoms with van der Waals surface area (Å²) in [6, 6.07) is 10.9. The van der Waals surface area contributed by atoms with Gasteiger partial charge in [-0.05, 0) is 24.3 Å². The molecular formula is C14H12ClFN2O. The van der Waals surface area contributed by atoms with E-state index in [4.69, 9.17) is 17.3 Å². The fourth-order valence-corrected chi connectivity index (χ4v) is 1.77. The summed E-state index contributed by atoms with van der Waals surface area (Å²) in [6.07, 6.45) is 0. The third-order valence-electron chi connectivity index (χ3n) is 2.66. The summed E-state index contributed by atoms with van der Waals surface area (Å²) in [7, 11) is 0. The average Bonchev–Trinajstić information content (AvgIpc) is 2.40. The molecule has 19 heavy (non-hydrogen) atoms. The Morgan fingerprint density at radius 3 is 2.68 bits per heavy atom. The molecule has 0 aliphatic heterocycles. The van der Waals surface area contributed by atoms with E-state index in [1.54, 1.807) is 30.3 Å². The second-order valence-electron chi connectivity index (χ2n) is 4.01. The molecule has 0 aliphatic carbocycles. The van der Waals surface area contributed by atoms with Crippen LogP contribution in [0.4, 0.5) is 10.1 Å². The van der Waals surface area contributed by atoms with Crippen molar-refractivity contribution in [2.24, 2.45) is 0 Å². The Hall–Kier alpha value is -2.07. The Bertz CT molecular complexity index is 616. The van der Waals surface area contributed by atoms with E-state index in [-0.39, 0.29) is 18.3 Å². The highest BCUT2D eigenvalue weighted by Crippen LogP contribution is 2.19. The van der Waals surface area contributed by atoms with Crippen molar-refractivity contribution in [2.75, 3.05) is 5.73 Å². The zero-order valence-corrected chi connectivity index (χ0v) is 10.7. The SMILES string of the molecule is Nc1ccc(C(=O)NCc2ccccc2F)cc1Cl. The van der Waals surface area contributed by atoms with Gasteiger partial charge in [-0.15, -0.1) is 0 Å². The summed E-state index contributed by atoms with van der Waals surface area (Å²) in [5, 5.41) is 2.94. The maximum absolute atomic E-state index is 13.4. The van der Waals surface area contributed by atoms with Gasteiger partial charge in [0.2, 0.25) is 0 Å². The smallest absolute Gasteiger partial charge is 0.251 e. The van der Waals surface area contributed by atoms with Gasteiger partial charge in [-0.2, -0.15) is 0 Å². The van der Waals surface area contributed by atoms with Crippen LogP contribution in [-0.4, -0.2) is 5.91 Å². The van der Waals surface area contributed by atoms with E-state index >= 15 is 0 Å². The number of amides is 1. The molecule has 2 rings (SSSR count). The summed E-state index contributed by atoms with van der Waals surface area (Å²) in [5.74, 6) is -0.678. The monoisotopic (exact) mass is 278 g/mol. The molecule has 2 aromatic carbocycles. The number of benzene rings is 2. The van der Waals surface area contributed by atoms with Gasteiger partial charge >= 0.3 is 0 Å². The number of nitrogen functional groups attached to an aromatic ring is 1. The van der Waals surface area contributed by atoms with Crippen molar-refractivity contribution in [1.29, 1.82) is 0 Å². The Kier molecular flexibility index (Phi) is 4.02. The van der Waals surface area contributed by atoms with Gasteiger partial charge < -0.3 is 11.1 Å². The van der Waals surface area contributed by atoms with Gasteiger partial charge in [0.25, 0.3) is 5.91 Å². The molecule has 0 heterocycles. The highest BCUT2D eigenvalue weighted by Gasteiger charge is 2.08. The van der Waals surface area contributed by atoms with Crippen molar-refractivity contribution in [1.82, 2.24) is 5.32 Å². The van der Waals surface area contributed by atoms with Crippen LogP contribution in [0.3, 0.4) is 0 Å². The maximum atomic E-state index is 13.4. The fraction of sp³-hybridized carbons (Fsp3) is 0.0714. The zero-order valence-electron chi connectivity index (χ0n) is 9.99. The minimum Gasteiger partial charge on any atom is -0.398 e. The number of anilines is 1. The number of hydrogen-bond donors (Lipinski definition) is 2. The van der Waals surface area contributed by atoms with Gasteiger partial charge in [0.15, 0.2) is 0 Å². The van der Waals surface area contributed by atoms with Gasteiger partial charge in [-0.25, -0.2) is 4.39 Å². The lowest BCUT2D eigenvalue weighted by Gasteiger charge is -2.07. The number of carbonyl (C=O) groups is 1. The summed E-state index contributed by atoms with van der Waals surface area (Å²) in [4.78, 5) is 11.9. The first-order valence-corrected chi connectivity index (χ1v) is 6.02. The molecule has 3 N–H and O–H groups in total. The molecule has 0 aromatic heterocycles. The van der Waals surface area contributed by atoms with Crippen molar-refractivity contribution in [3.05, 3.63) is 64.4 Å². The standard InChI is InChI=1S/C14H12ClFN2O/c15-11-7-9(5-6-13(11)17)14(19)18-8-10-3-1-2-4-12(10)16/h1-7H,8,17H2,(H,18,19). The van der Waals surface area contributed by atoms with E-state index in [1.165, 1.54) is 12.1 Å². The highest BCUT2D eigenvalue weighted by atomic mass is 35.5. The van der Waals surface area contributed by atoms with E-state index in [9.17, 15) is 9.18 Å². The number of nitrogens with one attached hydrogen (secondary N) is 1. The molecule has 0 fully saturated rings. The predicted octanol–water partition coefficient (Wildman–Crippen LogP) is 2.99. The first-order valence-electron chi connectivity index (χ1n) is 5.64. The third kappa shape index (κ3) is 3.23. The van der Waals surface area contributed by atoms with Gasteiger partial charge in [-0.3, -0.25) is 4.79 Å². The van der Waals surface area contributed by atoms with Crippen LogP contribution >= 0.6 is 11.6 Å². The summed E-state index contributed by atoms with van der Waals surface area (Å²) < 4.78 is 13.4. The molecule has 0 atom stereocenters. The first-order chi connectivity index (χ1) is 9.08. The lowest BCUT2D eigenvalue weighted by atomic mass is 10.1. The van der Waals surface area contributed by atoms with E-state index in [0.29, 0.717) is 21.8 Å². The predicted molar refractivity (Wildman–Crippen MR) is 73.4 cm³/mol. The molecule has 0 spiro atoms. The largest absolute Gasteiger partial charge is 0.398 e. The Morgan fingerprint density at radius 2 is 2.00 bits per heavy atom. The van der Waals surface area contributed by atoms with Crippen molar-refractivity contribution >= 4 is 23.2 Å². The lowest BCUT2D eigenvalue weighted by Crippen LogP contribution is -2.23. The van der Waals surface area contributed by atoms with Crippen molar-refractivity contribution < 1.29 is 9.18 Å². The van der Waals surface area contributed by atoms with Crippen LogP contribution in [0.5, 0.6) is 0 Å². The number of rotatable bonds is 3. The van der Waals surface area contributed by atoms with Gasteiger partial charge in [0, 0.05) is 17.7 Å². The van der Waals surface area contributed by atoms with Crippen molar-refractivity contribution in [3.8, 4) is 0 Å². The highest BCUT2D eigenvalue weighted by molar-refractivity contribution is 6.33. The topological polar surface area (TPSA) is 55.1 Å². The van der Waals surface area contributed by atoms with E-state index < -0.39 is 0 Å². The van der Waals surface area contributed by atoms with E-state index in [2.05, 4.69) is 5.32 Å². The number of nitrogens with two attached hydrogens (primary N) is 1. The summed E-state index contributed by atoms with van der Waals surface area (Å²) in [6.45, 7) is 0.119. The molecular weight excluding hydrogens is 267 g/mol. The van der Waals surface area contributed by atoms with E-state index in [1.807, 2.05) is 0 Å². The maximum Gasteiger partial charge on any atom is 0.251 e. The zero-order chi connectivity index (χ0) is 13.8. The van der Waals surface area contributed by atoms with Gasteiger partial charge in [0.05, 0.1) is 10.7 Å². The lowest BCUT2D eigenvalue weighted by molar-refractivity contribution is 0.0950. The van der Waals surface area contributed by atoms with Crippen LogP contribution < -0.4 is 11.1 Å². The fourth-order valence-electron chi connectivity index (χ4n) is 1.59. The summed E-state index contributed by atoms with van der Waals surface area (Å²) >= 11 is 5.84. The average molecular weight is 279 g/mol. The Balaban J connectivity index is 2.05. The van der Waals surface area contributed by atoms with Crippen LogP contribution in [-0.2, 0) is 6.54 Å². The number of halogens is 2. The third-order valence-corrected chi connectivity index (χ3v) is 2.99. The Labute approximate surface area is 115 Å².